The number of imide groups is 1. The first-order chi connectivity index (χ1) is 28.8. The van der Waals surface area contributed by atoms with Gasteiger partial charge in [0, 0.05) is 56.7 Å². The number of ether oxygens (including phenoxy) is 2. The standard InChI is InChI=1S/C47H72N6O10/c1-29(2)33(28-30(3)39(57)49-32(42(60)62-45(7,8)9)22-23-34(54)48-26-27-53-35(55)24-25-36(53)56)51(15)41(59)37(44(4,5)6)50-40(58)38(52(16)43(61)63-46(10,11)12)47(13,14)31-20-18-17-19-21-31/h17-21,24-25,28-29,32-33,37-38H,22-23,26-27H2,1-16H3,(H,48,54)(H,49,57)(H,50,58)/b30-28+/t32-,33-,37-,38-/m1/s1. The Morgan fingerprint density at radius 1 is 0.778 bits per heavy atom. The second kappa shape index (κ2) is 21.7. The lowest BCUT2D eigenvalue weighted by molar-refractivity contribution is -0.158. The highest BCUT2D eigenvalue weighted by Gasteiger charge is 2.46. The molecule has 350 valence electrons. The van der Waals surface area contributed by atoms with E-state index >= 15 is 0 Å². The second-order valence-corrected chi connectivity index (χ2v) is 20.0. The van der Waals surface area contributed by atoms with E-state index in [-0.39, 0.29) is 37.4 Å². The molecule has 2 rings (SSSR count). The third-order valence-corrected chi connectivity index (χ3v) is 10.4. The molecule has 0 spiro atoms. The summed E-state index contributed by atoms with van der Waals surface area (Å²) in [6.07, 6.45) is 2.91. The summed E-state index contributed by atoms with van der Waals surface area (Å²) in [5.74, 6) is -4.04. The van der Waals surface area contributed by atoms with Crippen molar-refractivity contribution in [3.8, 4) is 0 Å². The molecule has 16 heteroatoms. The smallest absolute Gasteiger partial charge is 0.410 e. The van der Waals surface area contributed by atoms with Gasteiger partial charge in [-0.25, -0.2) is 9.59 Å². The van der Waals surface area contributed by atoms with E-state index in [2.05, 4.69) is 16.0 Å². The number of amides is 7. The Balaban J connectivity index is 2.38. The summed E-state index contributed by atoms with van der Waals surface area (Å²) in [5.41, 5.74) is -2.54. The van der Waals surface area contributed by atoms with Gasteiger partial charge in [-0.1, -0.05) is 84.9 Å². The van der Waals surface area contributed by atoms with Crippen molar-refractivity contribution in [3.63, 3.8) is 0 Å². The molecule has 0 saturated carbocycles. The molecule has 1 heterocycles. The van der Waals surface area contributed by atoms with Crippen LogP contribution in [-0.2, 0) is 48.5 Å². The number of hydrogen-bond donors (Lipinski definition) is 3. The Morgan fingerprint density at radius 2 is 1.32 bits per heavy atom. The van der Waals surface area contributed by atoms with Crippen LogP contribution in [0.1, 0.15) is 115 Å². The average Bonchev–Trinajstić information content (AvgIpc) is 3.47. The Hall–Kier alpha value is -5.54. The van der Waals surface area contributed by atoms with Crippen LogP contribution in [0.2, 0.25) is 0 Å². The van der Waals surface area contributed by atoms with Gasteiger partial charge in [0.05, 0.1) is 6.04 Å². The monoisotopic (exact) mass is 881 g/mol. The molecule has 0 fully saturated rings. The van der Waals surface area contributed by atoms with Gasteiger partial charge in [0.2, 0.25) is 23.6 Å². The van der Waals surface area contributed by atoms with Crippen molar-refractivity contribution in [2.24, 2.45) is 11.3 Å². The van der Waals surface area contributed by atoms with E-state index in [1.807, 2.05) is 78.8 Å². The first-order valence-corrected chi connectivity index (χ1v) is 21.4. The number of carbonyl (C=O) groups is 8. The fourth-order valence-corrected chi connectivity index (χ4v) is 6.97. The lowest BCUT2D eigenvalue weighted by atomic mass is 9.76. The predicted octanol–water partition coefficient (Wildman–Crippen LogP) is 4.81. The van der Waals surface area contributed by atoms with E-state index in [0.29, 0.717) is 0 Å². The van der Waals surface area contributed by atoms with Crippen molar-refractivity contribution in [3.05, 3.63) is 59.7 Å². The number of nitrogens with one attached hydrogen (secondary N) is 3. The number of rotatable bonds is 18. The van der Waals surface area contributed by atoms with Crippen molar-refractivity contribution in [2.75, 3.05) is 27.2 Å². The highest BCUT2D eigenvalue weighted by molar-refractivity contribution is 6.12. The Bertz CT molecular complexity index is 1880. The molecule has 0 bridgehead atoms. The van der Waals surface area contributed by atoms with Crippen molar-refractivity contribution >= 4 is 47.5 Å². The molecule has 0 unspecified atom stereocenters. The third kappa shape index (κ3) is 16.0. The summed E-state index contributed by atoms with van der Waals surface area (Å²) in [7, 11) is 3.09. The third-order valence-electron chi connectivity index (χ3n) is 10.4. The molecule has 16 nitrogen and oxygen atoms in total. The van der Waals surface area contributed by atoms with Crippen molar-refractivity contribution in [2.45, 2.75) is 151 Å². The minimum absolute atomic E-state index is 0.00126. The van der Waals surface area contributed by atoms with Crippen LogP contribution in [0.3, 0.4) is 0 Å². The SMILES string of the molecule is C/C(=C\[C@H](C(C)C)N(C)C(=O)[C@@H](NC(=O)[C@@H](N(C)C(=O)OC(C)(C)C)C(C)(C)c1ccccc1)C(C)(C)C)C(=O)N[C@H](CCC(=O)NCCN1C(=O)C=CC1=O)C(=O)OC(C)(C)C. The second-order valence-electron chi connectivity index (χ2n) is 20.0. The van der Waals surface area contributed by atoms with Gasteiger partial charge in [0.1, 0.15) is 29.3 Å². The molecule has 7 amide bonds. The molecule has 0 radical (unpaired) electrons. The van der Waals surface area contributed by atoms with Gasteiger partial charge in [-0.15, -0.1) is 0 Å². The number of esters is 1. The van der Waals surface area contributed by atoms with Crippen molar-refractivity contribution in [1.29, 1.82) is 0 Å². The number of likely N-dealkylation sites (N-methyl/N-ethyl adjacent to an activating group) is 2. The normalized spacial score (nSPS) is 15.6. The average molecular weight is 881 g/mol. The van der Waals surface area contributed by atoms with Gasteiger partial charge in [-0.05, 0) is 71.8 Å². The molecule has 1 aliphatic rings. The van der Waals surface area contributed by atoms with E-state index in [1.165, 1.54) is 16.8 Å². The summed E-state index contributed by atoms with van der Waals surface area (Å²) in [6.45, 7) is 24.7. The van der Waals surface area contributed by atoms with Gasteiger partial charge < -0.3 is 30.3 Å². The van der Waals surface area contributed by atoms with Crippen LogP contribution in [-0.4, -0.2) is 125 Å². The Kier molecular flexibility index (Phi) is 18.5. The van der Waals surface area contributed by atoms with Crippen LogP contribution in [0.4, 0.5) is 4.79 Å². The first kappa shape index (κ1) is 53.6. The van der Waals surface area contributed by atoms with Crippen molar-refractivity contribution in [1.82, 2.24) is 30.7 Å². The molecule has 3 N–H and O–H groups in total. The molecule has 1 aliphatic heterocycles. The number of hydrogen-bond acceptors (Lipinski definition) is 10. The van der Waals surface area contributed by atoms with Crippen molar-refractivity contribution < 1.29 is 47.8 Å². The molecule has 1 aromatic carbocycles. The van der Waals surface area contributed by atoms with Crippen LogP contribution in [0.5, 0.6) is 0 Å². The van der Waals surface area contributed by atoms with E-state index in [1.54, 1.807) is 61.6 Å². The molecule has 4 atom stereocenters. The fraction of sp³-hybridized carbons (Fsp3) is 0.617. The molecule has 0 aliphatic carbocycles. The van der Waals surface area contributed by atoms with E-state index in [4.69, 9.17) is 9.47 Å². The minimum atomic E-state index is -1.22. The predicted molar refractivity (Wildman–Crippen MR) is 240 cm³/mol. The zero-order chi connectivity index (χ0) is 48.4. The van der Waals surface area contributed by atoms with Crippen LogP contribution < -0.4 is 16.0 Å². The van der Waals surface area contributed by atoms with Gasteiger partial charge in [-0.2, -0.15) is 0 Å². The van der Waals surface area contributed by atoms with Crippen LogP contribution in [0.15, 0.2) is 54.1 Å². The molecular formula is C47H72N6O10. The fourth-order valence-electron chi connectivity index (χ4n) is 6.97. The molecule has 1 aromatic rings. The lowest BCUT2D eigenvalue weighted by Gasteiger charge is -2.42. The van der Waals surface area contributed by atoms with Crippen LogP contribution in [0, 0.1) is 11.3 Å². The topological polar surface area (TPSA) is 201 Å². The molecule has 0 aromatic heterocycles. The summed E-state index contributed by atoms with van der Waals surface area (Å²) in [6, 6.07) is 5.22. The number of nitrogens with zero attached hydrogens (tertiary/aromatic N) is 3. The minimum Gasteiger partial charge on any atom is -0.458 e. The zero-order valence-corrected chi connectivity index (χ0v) is 40.3. The quantitative estimate of drug-likeness (QED) is 0.104. The molecular weight excluding hydrogens is 809 g/mol. The largest absolute Gasteiger partial charge is 0.458 e. The molecule has 0 saturated heterocycles. The maximum atomic E-state index is 14.6. The van der Waals surface area contributed by atoms with Gasteiger partial charge >= 0.3 is 12.1 Å². The highest BCUT2D eigenvalue weighted by Crippen LogP contribution is 2.32. The van der Waals surface area contributed by atoms with Crippen LogP contribution in [0.25, 0.3) is 0 Å². The maximum absolute atomic E-state index is 14.6. The lowest BCUT2D eigenvalue weighted by Crippen LogP contribution is -2.63. The summed E-state index contributed by atoms with van der Waals surface area (Å²) < 4.78 is 11.2. The van der Waals surface area contributed by atoms with Gasteiger partial charge in [-0.3, -0.25) is 38.6 Å². The first-order valence-electron chi connectivity index (χ1n) is 21.4. The Labute approximate surface area is 373 Å². The molecule has 63 heavy (non-hydrogen) atoms. The van der Waals surface area contributed by atoms with Crippen LogP contribution >= 0.6 is 0 Å². The summed E-state index contributed by atoms with van der Waals surface area (Å²) in [4.78, 5) is 110. The van der Waals surface area contributed by atoms with E-state index < -0.39 is 93.7 Å². The maximum Gasteiger partial charge on any atom is 0.410 e. The number of carbonyl (C=O) groups excluding carboxylic acids is 8. The Morgan fingerprint density at radius 3 is 1.81 bits per heavy atom. The van der Waals surface area contributed by atoms with Gasteiger partial charge in [0.15, 0.2) is 0 Å². The summed E-state index contributed by atoms with van der Waals surface area (Å²) >= 11 is 0. The zero-order valence-electron chi connectivity index (χ0n) is 40.3. The van der Waals surface area contributed by atoms with E-state index in [0.717, 1.165) is 22.6 Å². The van der Waals surface area contributed by atoms with E-state index in [9.17, 15) is 38.4 Å². The van der Waals surface area contributed by atoms with Gasteiger partial charge in [0.25, 0.3) is 11.8 Å². The summed E-state index contributed by atoms with van der Waals surface area (Å²) in [5, 5.41) is 8.32. The number of benzene rings is 1. The highest BCUT2D eigenvalue weighted by atomic mass is 16.6.